The van der Waals surface area contributed by atoms with Gasteiger partial charge >= 0.3 is 12.2 Å². The minimum atomic E-state index is -0.537. The van der Waals surface area contributed by atoms with E-state index in [-0.39, 0.29) is 88.2 Å². The molecule has 8 aliphatic heterocycles. The molecule has 3 N–H and O–H groups in total. The van der Waals surface area contributed by atoms with Crippen molar-refractivity contribution in [3.05, 3.63) is 77.9 Å². The fourth-order valence-electron chi connectivity index (χ4n) is 15.7. The van der Waals surface area contributed by atoms with E-state index in [9.17, 15) is 28.8 Å². The van der Waals surface area contributed by atoms with E-state index >= 15 is 0 Å². The number of amides is 6. The average molecular weight is 1330 g/mol. The van der Waals surface area contributed by atoms with Crippen molar-refractivity contribution in [2.75, 3.05) is 88.6 Å². The number of carbonyl (C=O) groups is 6. The van der Waals surface area contributed by atoms with E-state index in [1.54, 1.807) is 68.8 Å². The molecule has 0 aliphatic carbocycles. The van der Waals surface area contributed by atoms with Crippen molar-refractivity contribution in [3.8, 4) is 0 Å². The topological polar surface area (TPSA) is 284 Å². The molecule has 8 aliphatic rings. The number of hydrogen-bond acceptors (Lipinski definition) is 18. The fraction of sp³-hybridized carbons (Fsp3) is 0.588. The first-order valence-electron chi connectivity index (χ1n) is 33.2. The monoisotopic (exact) mass is 1320 g/mol. The maximum Gasteiger partial charge on any atom is 0.410 e. The molecule has 6 unspecified atom stereocenters. The lowest BCUT2D eigenvalue weighted by Crippen LogP contribution is -2.52. The van der Waals surface area contributed by atoms with Crippen molar-refractivity contribution in [1.29, 1.82) is 0 Å². The number of rotatable bonds is 8. The number of pyridine rings is 2. The van der Waals surface area contributed by atoms with Crippen LogP contribution in [0.1, 0.15) is 164 Å². The van der Waals surface area contributed by atoms with E-state index in [0.29, 0.717) is 86.0 Å². The predicted molar refractivity (Wildman–Crippen MR) is 357 cm³/mol. The molecule has 2 spiro atoms. The first-order valence-corrected chi connectivity index (χ1v) is 33.6. The first kappa shape index (κ1) is 66.8. The van der Waals surface area contributed by atoms with Crippen molar-refractivity contribution < 1.29 is 47.7 Å². The Morgan fingerprint density at radius 2 is 1.03 bits per heavy atom. The normalized spacial score (nSPS) is 25.6. The zero-order valence-electron chi connectivity index (χ0n) is 56.2. The van der Waals surface area contributed by atoms with Gasteiger partial charge in [0, 0.05) is 125 Å². The number of anilines is 5. The number of ether oxygens (including phenoxy) is 4. The van der Waals surface area contributed by atoms with Crippen molar-refractivity contribution >= 4 is 98.4 Å². The van der Waals surface area contributed by atoms with Crippen molar-refractivity contribution in [2.24, 2.45) is 10.8 Å². The lowest BCUT2D eigenvalue weighted by molar-refractivity contribution is -0.119. The van der Waals surface area contributed by atoms with E-state index in [0.717, 1.165) is 106 Å². The van der Waals surface area contributed by atoms with Crippen LogP contribution in [0.5, 0.6) is 0 Å². The van der Waals surface area contributed by atoms with E-state index < -0.39 is 11.2 Å². The molecule has 6 amide bonds. The van der Waals surface area contributed by atoms with Crippen molar-refractivity contribution in [3.63, 3.8) is 0 Å². The van der Waals surface area contributed by atoms with Gasteiger partial charge in [0.05, 0.1) is 49.1 Å². The van der Waals surface area contributed by atoms with Crippen LogP contribution in [0.15, 0.2) is 61.2 Å². The van der Waals surface area contributed by atoms with Gasteiger partial charge in [-0.25, -0.2) is 29.5 Å². The highest BCUT2D eigenvalue weighted by Gasteiger charge is 2.57. The predicted octanol–water partition coefficient (Wildman–Crippen LogP) is 9.99. The third kappa shape index (κ3) is 14.2. The molecule has 6 aromatic rings. The minimum absolute atomic E-state index is 0.00124. The maximum atomic E-state index is 13.4. The van der Waals surface area contributed by atoms with Gasteiger partial charge in [0.15, 0.2) is 0 Å². The maximum absolute atomic E-state index is 13.4. The summed E-state index contributed by atoms with van der Waals surface area (Å²) in [7, 11) is 6.95. The van der Waals surface area contributed by atoms with Gasteiger partial charge in [-0.05, 0) is 167 Å². The lowest BCUT2D eigenvalue weighted by Gasteiger charge is -2.44. The average Bonchev–Trinajstić information content (AvgIpc) is 1.62. The number of hydrogen-bond donors (Lipinski definition) is 2. The smallest absolute Gasteiger partial charge is 0.410 e. The Morgan fingerprint density at radius 3 is 1.43 bits per heavy atom. The number of nitrogen functional groups attached to an aromatic ring is 1. The van der Waals surface area contributed by atoms with Gasteiger partial charge in [0.1, 0.15) is 45.5 Å². The van der Waals surface area contributed by atoms with Gasteiger partial charge in [-0.1, -0.05) is 0 Å². The molecule has 6 aromatic heterocycles. The van der Waals surface area contributed by atoms with Crippen LogP contribution >= 0.6 is 11.6 Å². The highest BCUT2D eigenvalue weighted by molar-refractivity contribution is 6.28. The zero-order valence-corrected chi connectivity index (χ0v) is 56.9. The molecule has 0 saturated carbocycles. The molecule has 8 fully saturated rings. The Hall–Kier alpha value is -8.23. The number of piperidine rings is 2. The summed E-state index contributed by atoms with van der Waals surface area (Å²) in [4.78, 5) is 114. The Balaban J connectivity index is 0.000000151. The van der Waals surface area contributed by atoms with Crippen LogP contribution in [-0.2, 0) is 28.5 Å². The van der Waals surface area contributed by atoms with Crippen LogP contribution in [0.4, 0.5) is 38.5 Å². The summed E-state index contributed by atoms with van der Waals surface area (Å²) in [5.41, 5.74) is 8.47. The second kappa shape index (κ2) is 26.4. The number of nitrogens with zero attached hydrogens (tertiary/aromatic N) is 14. The van der Waals surface area contributed by atoms with E-state index in [1.807, 2.05) is 101 Å². The zero-order chi connectivity index (χ0) is 67.5. The molecule has 14 heterocycles. The standard InChI is InChI=1S/C34H44N8O5.C20H28N4O3.C14H17ClN4O2/c1-33(2,3)47-32(45)41-22-8-9-23(41)15-34(14-22)16-28(43)40(20-34)24-10-11-27(35-18-24)37-31-36-17-21-13-26(30(44)39(4)5)42(29(21)38-31)25-7-6-12-46-19-25;1-19(2,3)27-18(26)24-13-4-5-14(24)9-20(8-13)10-17(25)23(12-20)15-6-7-16(21)22-11-15;1-18(2)13(20)11-6-9-7-16-14(15)17-12(9)19(11)10-4-3-5-21-8-10/h10-11,13,17-18,22-23,25H,6-9,12,14-16,19-20H2,1-5H3,(H,35,36,37,38);6-7,11,13-14H,4-5,8-10,12H2,1-3H3,(H2,21,22);6-7,10H,3-5,8H2,1-2H3. The molecule has 4 bridgehead atoms. The molecular weight excluding hydrogens is 1240 g/mol. The molecular formula is C68H89ClN16O10. The number of halogens is 1. The first-order chi connectivity index (χ1) is 45.1. The molecule has 95 heavy (non-hydrogen) atoms. The van der Waals surface area contributed by atoms with E-state index in [1.165, 1.54) is 0 Å². The van der Waals surface area contributed by atoms with Gasteiger partial charge in [0.2, 0.25) is 23.0 Å². The van der Waals surface area contributed by atoms with E-state index in [4.69, 9.17) is 41.3 Å². The molecule has 27 heteroatoms. The Labute approximate surface area is 558 Å². The summed E-state index contributed by atoms with van der Waals surface area (Å²) in [5.74, 6) is 1.41. The lowest BCUT2D eigenvalue weighted by atomic mass is 9.74. The Bertz CT molecular complexity index is 3840. The van der Waals surface area contributed by atoms with Gasteiger partial charge in [0.25, 0.3) is 11.8 Å². The summed E-state index contributed by atoms with van der Waals surface area (Å²) in [6.07, 6.45) is 18.2. The number of fused-ring (bicyclic) bond motifs is 6. The molecule has 508 valence electrons. The van der Waals surface area contributed by atoms with Crippen LogP contribution in [0.2, 0.25) is 5.28 Å². The molecule has 26 nitrogen and oxygen atoms in total. The summed E-state index contributed by atoms with van der Waals surface area (Å²) in [6.45, 7) is 15.3. The van der Waals surface area contributed by atoms with Crippen LogP contribution in [0.3, 0.4) is 0 Å². The highest BCUT2D eigenvalue weighted by atomic mass is 35.5. The van der Waals surface area contributed by atoms with Crippen LogP contribution in [0.25, 0.3) is 22.1 Å². The highest BCUT2D eigenvalue weighted by Crippen LogP contribution is 2.53. The summed E-state index contributed by atoms with van der Waals surface area (Å²) < 4.78 is 26.6. The molecule has 6 atom stereocenters. The number of nitrogens with one attached hydrogen (secondary N) is 1. The summed E-state index contributed by atoms with van der Waals surface area (Å²) in [5, 5.41) is 4.98. The van der Waals surface area contributed by atoms with Gasteiger partial charge in [-0.15, -0.1) is 0 Å². The van der Waals surface area contributed by atoms with Crippen molar-refractivity contribution in [2.45, 2.75) is 179 Å². The van der Waals surface area contributed by atoms with Crippen molar-refractivity contribution in [1.82, 2.24) is 58.6 Å². The number of nitrogens with two attached hydrogens (primary N) is 1. The Morgan fingerprint density at radius 1 is 0.589 bits per heavy atom. The fourth-order valence-corrected chi connectivity index (χ4v) is 15.8. The molecule has 14 rings (SSSR count). The molecule has 8 saturated heterocycles. The van der Waals surface area contributed by atoms with Crippen LogP contribution in [0, 0.1) is 10.8 Å². The summed E-state index contributed by atoms with van der Waals surface area (Å²) >= 11 is 5.92. The molecule has 0 aromatic carbocycles. The Kier molecular flexibility index (Phi) is 18.6. The second-order valence-corrected chi connectivity index (χ2v) is 29.8. The second-order valence-electron chi connectivity index (χ2n) is 29.5. The van der Waals surface area contributed by atoms with Gasteiger partial charge < -0.3 is 68.5 Å². The quantitative estimate of drug-likeness (QED) is 0.134. The minimum Gasteiger partial charge on any atom is -0.444 e. The van der Waals surface area contributed by atoms with Gasteiger partial charge in [-0.2, -0.15) is 9.97 Å². The van der Waals surface area contributed by atoms with Crippen LogP contribution in [-0.4, -0.2) is 198 Å². The third-order valence-electron chi connectivity index (χ3n) is 19.5. The number of carbonyl (C=O) groups excluding carboxylic acids is 6. The summed E-state index contributed by atoms with van der Waals surface area (Å²) in [6, 6.07) is 11.6. The largest absolute Gasteiger partial charge is 0.444 e. The molecule has 0 radical (unpaired) electrons. The SMILES string of the molecule is CC(C)(C)OC(=O)N1C2CCC1CC1(CC(=O)N(c3ccc(N)nc3)C1)C2.CN(C)C(=O)c1cc2cnc(Cl)nc2n1C1CCCOC1.CN(C)C(=O)c1cc2cnc(Nc3ccc(N4CC5(CC4=O)CC4CCC(C5)N4C(=O)OC(C)(C)C)cn3)nc2n1C1CCCOC1. The third-order valence-corrected chi connectivity index (χ3v) is 19.7. The number of aromatic nitrogens is 8. The van der Waals surface area contributed by atoms with E-state index in [2.05, 4.69) is 30.2 Å². The van der Waals surface area contributed by atoms with Crippen LogP contribution < -0.4 is 20.9 Å². The van der Waals surface area contributed by atoms with Gasteiger partial charge in [-0.3, -0.25) is 19.2 Å².